The minimum Gasteiger partial charge on any atom is -0.480 e. The lowest BCUT2D eigenvalue weighted by molar-refractivity contribution is -0.137. The van der Waals surface area contributed by atoms with Gasteiger partial charge in [-0.05, 0) is 12.3 Å². The van der Waals surface area contributed by atoms with E-state index >= 15 is 0 Å². The molecule has 1 aromatic rings. The van der Waals surface area contributed by atoms with Gasteiger partial charge in [0.2, 0.25) is 0 Å². The minimum absolute atomic E-state index is 0.198. The van der Waals surface area contributed by atoms with Gasteiger partial charge >= 0.3 is 12.0 Å². The Morgan fingerprint density at radius 2 is 2.20 bits per heavy atom. The average molecular weight is 282 g/mol. The van der Waals surface area contributed by atoms with Crippen LogP contribution in [0.4, 0.5) is 4.79 Å². The van der Waals surface area contributed by atoms with Gasteiger partial charge in [-0.2, -0.15) is 0 Å². The first-order valence-corrected chi connectivity index (χ1v) is 6.70. The molecule has 0 bridgehead atoms. The van der Waals surface area contributed by atoms with Crippen LogP contribution in [0.15, 0.2) is 12.4 Å². The van der Waals surface area contributed by atoms with Gasteiger partial charge in [0.1, 0.15) is 12.4 Å². The lowest BCUT2D eigenvalue weighted by Gasteiger charge is -2.25. The van der Waals surface area contributed by atoms with Crippen LogP contribution in [0.2, 0.25) is 0 Å². The summed E-state index contributed by atoms with van der Waals surface area (Å²) >= 11 is 0. The first-order valence-electron chi connectivity index (χ1n) is 6.70. The number of aromatic nitrogens is 2. The first-order chi connectivity index (χ1) is 9.43. The zero-order valence-corrected chi connectivity index (χ0v) is 12.1. The van der Waals surface area contributed by atoms with Gasteiger partial charge in [-0.1, -0.05) is 20.8 Å². The van der Waals surface area contributed by atoms with Crippen molar-refractivity contribution in [1.82, 2.24) is 20.2 Å². The van der Waals surface area contributed by atoms with Crippen molar-refractivity contribution in [1.29, 1.82) is 0 Å². The van der Waals surface area contributed by atoms with E-state index in [1.54, 1.807) is 12.4 Å². The lowest BCUT2D eigenvalue weighted by Crippen LogP contribution is -2.45. The highest BCUT2D eigenvalue weighted by Crippen LogP contribution is 2.12. The van der Waals surface area contributed by atoms with E-state index < -0.39 is 5.97 Å². The van der Waals surface area contributed by atoms with Crippen LogP contribution in [-0.4, -0.2) is 45.1 Å². The molecule has 20 heavy (non-hydrogen) atoms. The maximum absolute atomic E-state index is 12.2. The number of nitrogens with zero attached hydrogens (tertiary/aromatic N) is 2. The van der Waals surface area contributed by atoms with Gasteiger partial charge in [-0.25, -0.2) is 9.78 Å². The van der Waals surface area contributed by atoms with Crippen LogP contribution in [0.1, 0.15) is 39.1 Å². The Balaban J connectivity index is 2.70. The third-order valence-corrected chi connectivity index (χ3v) is 2.75. The minimum atomic E-state index is -1.02. The number of hydrogen-bond donors (Lipinski definition) is 3. The van der Waals surface area contributed by atoms with Crippen LogP contribution in [0, 0.1) is 5.92 Å². The molecule has 1 atom stereocenters. The molecule has 112 valence electrons. The Labute approximate surface area is 118 Å². The van der Waals surface area contributed by atoms with Gasteiger partial charge in [0, 0.05) is 18.9 Å². The van der Waals surface area contributed by atoms with Crippen molar-refractivity contribution in [2.24, 2.45) is 5.92 Å². The predicted molar refractivity (Wildman–Crippen MR) is 74.2 cm³/mol. The Morgan fingerprint density at radius 1 is 1.50 bits per heavy atom. The highest BCUT2D eigenvalue weighted by molar-refractivity contribution is 5.80. The van der Waals surface area contributed by atoms with Crippen molar-refractivity contribution in [3.05, 3.63) is 18.2 Å². The number of H-pyrrole nitrogens is 1. The summed E-state index contributed by atoms with van der Waals surface area (Å²) in [6.45, 7) is 5.89. The third kappa shape index (κ3) is 4.91. The van der Waals surface area contributed by atoms with E-state index in [-0.39, 0.29) is 24.5 Å². The van der Waals surface area contributed by atoms with E-state index in [1.807, 2.05) is 20.8 Å². The molecule has 7 heteroatoms. The molecular formula is C13H22N4O3. The number of imidazole rings is 1. The van der Waals surface area contributed by atoms with Crippen molar-refractivity contribution >= 4 is 12.0 Å². The number of urea groups is 1. The Bertz CT molecular complexity index is 431. The van der Waals surface area contributed by atoms with Gasteiger partial charge in [0.25, 0.3) is 0 Å². The Kier molecular flexibility index (Phi) is 6.02. The number of rotatable bonds is 7. The summed E-state index contributed by atoms with van der Waals surface area (Å²) in [5.74, 6) is -0.156. The second-order valence-electron chi connectivity index (χ2n) is 5.05. The molecule has 0 aliphatic rings. The second-order valence-corrected chi connectivity index (χ2v) is 5.05. The summed E-state index contributed by atoms with van der Waals surface area (Å²) in [5, 5.41) is 11.7. The average Bonchev–Trinajstić information content (AvgIpc) is 2.87. The molecule has 7 nitrogen and oxygen atoms in total. The Hall–Kier alpha value is -2.05. The van der Waals surface area contributed by atoms with Gasteiger partial charge in [0.05, 0.1) is 6.04 Å². The van der Waals surface area contributed by atoms with E-state index in [4.69, 9.17) is 5.11 Å². The van der Waals surface area contributed by atoms with E-state index in [1.165, 1.54) is 4.90 Å². The molecule has 0 aliphatic heterocycles. The summed E-state index contributed by atoms with van der Waals surface area (Å²) in [5.41, 5.74) is 0. The number of nitrogens with one attached hydrogen (secondary N) is 2. The molecule has 2 amide bonds. The fraction of sp³-hybridized carbons (Fsp3) is 0.615. The molecule has 1 heterocycles. The molecule has 0 radical (unpaired) electrons. The number of carboxylic acids is 1. The van der Waals surface area contributed by atoms with Gasteiger partial charge in [-0.3, -0.25) is 4.79 Å². The molecule has 0 spiro atoms. The fourth-order valence-corrected chi connectivity index (χ4v) is 1.90. The lowest BCUT2D eigenvalue weighted by atomic mass is 10.2. The van der Waals surface area contributed by atoms with Gasteiger partial charge < -0.3 is 20.3 Å². The number of carbonyl (C=O) groups is 2. The number of carboxylic acid groups (broad SMARTS) is 1. The van der Waals surface area contributed by atoms with E-state index in [0.717, 1.165) is 0 Å². The van der Waals surface area contributed by atoms with E-state index in [2.05, 4.69) is 15.3 Å². The molecule has 0 aliphatic carbocycles. The van der Waals surface area contributed by atoms with Crippen LogP contribution in [-0.2, 0) is 4.79 Å². The zero-order chi connectivity index (χ0) is 15.1. The van der Waals surface area contributed by atoms with Crippen LogP contribution < -0.4 is 5.32 Å². The molecule has 0 saturated heterocycles. The molecule has 1 aromatic heterocycles. The van der Waals surface area contributed by atoms with Crippen molar-refractivity contribution in [2.75, 3.05) is 13.1 Å². The summed E-state index contributed by atoms with van der Waals surface area (Å²) in [7, 11) is 0. The largest absolute Gasteiger partial charge is 0.480 e. The first kappa shape index (κ1) is 16.0. The van der Waals surface area contributed by atoms with E-state index in [0.29, 0.717) is 18.8 Å². The summed E-state index contributed by atoms with van der Waals surface area (Å²) in [6.07, 6.45) is 3.97. The SMILES string of the molecule is CCC(NC(=O)N(CC(=O)O)CC(C)C)c1ncc[nH]1. The monoisotopic (exact) mass is 282 g/mol. The van der Waals surface area contributed by atoms with Crippen LogP contribution >= 0.6 is 0 Å². The molecule has 3 N–H and O–H groups in total. The molecule has 1 rings (SSSR count). The fourth-order valence-electron chi connectivity index (χ4n) is 1.90. The van der Waals surface area contributed by atoms with Crippen LogP contribution in [0.25, 0.3) is 0 Å². The topological polar surface area (TPSA) is 98.3 Å². The van der Waals surface area contributed by atoms with Crippen molar-refractivity contribution in [3.63, 3.8) is 0 Å². The molecular weight excluding hydrogens is 260 g/mol. The maximum Gasteiger partial charge on any atom is 0.323 e. The zero-order valence-electron chi connectivity index (χ0n) is 12.1. The third-order valence-electron chi connectivity index (χ3n) is 2.75. The van der Waals surface area contributed by atoms with Crippen LogP contribution in [0.3, 0.4) is 0 Å². The normalized spacial score (nSPS) is 12.2. The maximum atomic E-state index is 12.2. The van der Waals surface area contributed by atoms with Gasteiger partial charge in [-0.15, -0.1) is 0 Å². The van der Waals surface area contributed by atoms with E-state index in [9.17, 15) is 9.59 Å². The summed E-state index contributed by atoms with van der Waals surface area (Å²) in [4.78, 5) is 31.4. The molecule has 0 fully saturated rings. The molecule has 0 aromatic carbocycles. The van der Waals surface area contributed by atoms with Crippen molar-refractivity contribution in [3.8, 4) is 0 Å². The van der Waals surface area contributed by atoms with Crippen molar-refractivity contribution < 1.29 is 14.7 Å². The van der Waals surface area contributed by atoms with Crippen molar-refractivity contribution in [2.45, 2.75) is 33.2 Å². The highest BCUT2D eigenvalue weighted by Gasteiger charge is 2.21. The molecule has 1 unspecified atom stereocenters. The molecule has 0 saturated carbocycles. The second kappa shape index (κ2) is 7.52. The predicted octanol–water partition coefficient (Wildman–Crippen LogP) is 1.61. The van der Waals surface area contributed by atoms with Crippen LogP contribution in [0.5, 0.6) is 0 Å². The smallest absolute Gasteiger partial charge is 0.323 e. The quantitative estimate of drug-likeness (QED) is 0.707. The number of aromatic amines is 1. The number of aliphatic carboxylic acids is 1. The number of carbonyl (C=O) groups excluding carboxylic acids is 1. The van der Waals surface area contributed by atoms with Gasteiger partial charge in [0.15, 0.2) is 0 Å². The highest BCUT2D eigenvalue weighted by atomic mass is 16.4. The number of amides is 2. The number of hydrogen-bond acceptors (Lipinski definition) is 3. The summed E-state index contributed by atoms with van der Waals surface area (Å²) in [6, 6.07) is -0.634. The standard InChI is InChI=1S/C13H22N4O3/c1-4-10(12-14-5-6-15-12)16-13(20)17(7-9(2)3)8-11(18)19/h5-6,9-10H,4,7-8H2,1-3H3,(H,14,15)(H,16,20)(H,18,19). The summed E-state index contributed by atoms with van der Waals surface area (Å²) < 4.78 is 0. The Morgan fingerprint density at radius 3 is 2.65 bits per heavy atom.